The number of aromatic amines is 2. The minimum Gasteiger partial charge on any atom is -0.483 e. The van der Waals surface area contributed by atoms with Crippen molar-refractivity contribution in [3.63, 3.8) is 0 Å². The molecular weight excluding hydrogens is 372 g/mol. The number of nitrogens with zero attached hydrogens (tertiary/aromatic N) is 2. The van der Waals surface area contributed by atoms with E-state index in [0.29, 0.717) is 17.7 Å². The number of pyridine rings is 1. The lowest BCUT2D eigenvalue weighted by atomic mass is 10.1. The maximum atomic E-state index is 12.9. The number of benzene rings is 1. The van der Waals surface area contributed by atoms with E-state index in [-0.39, 0.29) is 24.0 Å². The number of H-pyrrole nitrogens is 2. The first-order valence-corrected chi connectivity index (χ1v) is 9.10. The molecule has 29 heavy (non-hydrogen) atoms. The van der Waals surface area contributed by atoms with E-state index in [0.717, 1.165) is 17.0 Å². The van der Waals surface area contributed by atoms with Gasteiger partial charge in [-0.05, 0) is 25.5 Å². The third-order valence-electron chi connectivity index (χ3n) is 4.60. The Bertz CT molecular complexity index is 1010. The van der Waals surface area contributed by atoms with Gasteiger partial charge in [0.25, 0.3) is 12.4 Å². The zero-order valence-corrected chi connectivity index (χ0v) is 16.5. The maximum Gasteiger partial charge on any atom is 0.290 e. The van der Waals surface area contributed by atoms with Crippen LogP contribution in [0.2, 0.25) is 0 Å². The Morgan fingerprint density at radius 1 is 1.24 bits per heavy atom. The number of carbonyl (C=O) groups excluding carboxylic acids is 1. The maximum absolute atomic E-state index is 12.9. The molecule has 1 unspecified atom stereocenters. The van der Waals surface area contributed by atoms with Gasteiger partial charge >= 0.3 is 0 Å². The lowest BCUT2D eigenvalue weighted by Gasteiger charge is -2.24. The van der Waals surface area contributed by atoms with Crippen molar-refractivity contribution in [2.75, 3.05) is 7.05 Å². The minimum absolute atomic E-state index is 0.138. The van der Waals surface area contributed by atoms with Gasteiger partial charge in [0.1, 0.15) is 0 Å². The fourth-order valence-electron chi connectivity index (χ4n) is 2.88. The van der Waals surface area contributed by atoms with Crippen LogP contribution in [0.4, 0.5) is 0 Å². The van der Waals surface area contributed by atoms with Gasteiger partial charge < -0.3 is 15.0 Å². The van der Waals surface area contributed by atoms with Crippen LogP contribution in [0.15, 0.2) is 53.3 Å². The molecule has 3 N–H and O–H groups in total. The summed E-state index contributed by atoms with van der Waals surface area (Å²) in [6.07, 6.45) is 0.585. The predicted octanol–water partition coefficient (Wildman–Crippen LogP) is 2.86. The summed E-state index contributed by atoms with van der Waals surface area (Å²) in [7, 11) is 1.75. The molecule has 8 nitrogen and oxygen atoms in total. The number of carbonyl (C=O) groups is 2. The fourth-order valence-corrected chi connectivity index (χ4v) is 2.88. The van der Waals surface area contributed by atoms with Gasteiger partial charge in [-0.1, -0.05) is 37.3 Å². The van der Waals surface area contributed by atoms with Crippen molar-refractivity contribution in [3.8, 4) is 11.3 Å². The van der Waals surface area contributed by atoms with Crippen molar-refractivity contribution < 1.29 is 14.7 Å². The summed E-state index contributed by atoms with van der Waals surface area (Å²) < 4.78 is 0. The highest BCUT2D eigenvalue weighted by molar-refractivity contribution is 5.95. The fraction of sp³-hybridized carbons (Fsp3) is 0.238. The van der Waals surface area contributed by atoms with E-state index in [1.165, 1.54) is 6.07 Å². The number of nitrogens with one attached hydrogen (secondary N) is 2. The largest absolute Gasteiger partial charge is 0.483 e. The van der Waals surface area contributed by atoms with Crippen molar-refractivity contribution in [2.24, 2.45) is 0 Å². The standard InChI is InChI=1S/C20H22N4O2.CH2O2/c1-4-16-15(10-11-19(25)21-16)20(26)24(3)13(2)17-12-18(23-22-17)14-8-6-5-7-9-14;2-1-3/h5-13H,4H2,1-3H3,(H,21,25)(H,22,23);1H,(H,2,3). The molecule has 1 amide bonds. The van der Waals surface area contributed by atoms with E-state index in [2.05, 4.69) is 15.2 Å². The van der Waals surface area contributed by atoms with E-state index >= 15 is 0 Å². The topological polar surface area (TPSA) is 119 Å². The van der Waals surface area contributed by atoms with Crippen molar-refractivity contribution in [1.29, 1.82) is 0 Å². The van der Waals surface area contributed by atoms with E-state index in [1.807, 2.05) is 50.2 Å². The Morgan fingerprint density at radius 2 is 1.90 bits per heavy atom. The minimum atomic E-state index is -0.250. The van der Waals surface area contributed by atoms with Crippen LogP contribution in [0.3, 0.4) is 0 Å². The van der Waals surface area contributed by atoms with Gasteiger partial charge in [0.15, 0.2) is 0 Å². The summed E-state index contributed by atoms with van der Waals surface area (Å²) in [6, 6.07) is 14.6. The van der Waals surface area contributed by atoms with Gasteiger partial charge in [-0.2, -0.15) is 5.10 Å². The molecule has 0 aliphatic carbocycles. The summed E-state index contributed by atoms with van der Waals surface area (Å²) in [5, 5.41) is 14.3. The molecule has 3 rings (SSSR count). The molecule has 0 bridgehead atoms. The number of rotatable bonds is 5. The average molecular weight is 396 g/mol. The summed E-state index contributed by atoms with van der Waals surface area (Å²) in [5.41, 5.74) is 3.68. The molecule has 0 radical (unpaired) electrons. The third-order valence-corrected chi connectivity index (χ3v) is 4.60. The van der Waals surface area contributed by atoms with Crippen LogP contribution in [-0.4, -0.2) is 44.6 Å². The van der Waals surface area contributed by atoms with Crippen LogP contribution in [0.25, 0.3) is 11.3 Å². The van der Waals surface area contributed by atoms with Crippen molar-refractivity contribution >= 4 is 12.4 Å². The Morgan fingerprint density at radius 3 is 2.52 bits per heavy atom. The third kappa shape index (κ3) is 5.19. The number of carboxylic acid groups (broad SMARTS) is 1. The van der Waals surface area contributed by atoms with Gasteiger partial charge in [0.05, 0.1) is 23.0 Å². The molecule has 0 aliphatic rings. The van der Waals surface area contributed by atoms with Gasteiger partial charge in [-0.25, -0.2) is 0 Å². The highest BCUT2D eigenvalue weighted by Crippen LogP contribution is 2.24. The number of amides is 1. The van der Waals surface area contributed by atoms with Crippen molar-refractivity contribution in [3.05, 3.63) is 75.8 Å². The van der Waals surface area contributed by atoms with Crippen LogP contribution in [0.1, 0.15) is 41.6 Å². The Balaban J connectivity index is 0.000000941. The Kier molecular flexibility index (Phi) is 7.47. The van der Waals surface area contributed by atoms with Crippen LogP contribution < -0.4 is 5.56 Å². The molecular formula is C21H24N4O4. The van der Waals surface area contributed by atoms with E-state index in [9.17, 15) is 9.59 Å². The van der Waals surface area contributed by atoms with E-state index < -0.39 is 0 Å². The normalized spacial score (nSPS) is 11.1. The number of aromatic nitrogens is 3. The molecule has 0 aliphatic heterocycles. The highest BCUT2D eigenvalue weighted by atomic mass is 16.3. The first kappa shape index (κ1) is 21.6. The average Bonchev–Trinajstić information content (AvgIpc) is 3.23. The number of hydrogen-bond acceptors (Lipinski definition) is 4. The molecule has 0 saturated heterocycles. The Labute approximate surface area is 168 Å². The van der Waals surface area contributed by atoms with Gasteiger partial charge in [-0.15, -0.1) is 0 Å². The summed E-state index contributed by atoms with van der Waals surface area (Å²) in [4.78, 5) is 37.1. The second-order valence-electron chi connectivity index (χ2n) is 6.34. The van der Waals surface area contributed by atoms with E-state index in [4.69, 9.17) is 9.90 Å². The zero-order chi connectivity index (χ0) is 21.4. The molecule has 2 heterocycles. The predicted molar refractivity (Wildman–Crippen MR) is 110 cm³/mol. The lowest BCUT2D eigenvalue weighted by Crippen LogP contribution is -2.31. The SMILES string of the molecule is CCc1[nH]c(=O)ccc1C(=O)N(C)C(C)c1cc(-c2ccccc2)n[nH]1.O=CO. The van der Waals surface area contributed by atoms with E-state index in [1.54, 1.807) is 18.0 Å². The zero-order valence-electron chi connectivity index (χ0n) is 16.5. The number of hydrogen-bond donors (Lipinski definition) is 3. The molecule has 1 atom stereocenters. The second-order valence-corrected chi connectivity index (χ2v) is 6.34. The second kappa shape index (κ2) is 10.0. The molecule has 152 valence electrons. The van der Waals surface area contributed by atoms with Crippen LogP contribution in [0.5, 0.6) is 0 Å². The van der Waals surface area contributed by atoms with Crippen LogP contribution in [-0.2, 0) is 11.2 Å². The van der Waals surface area contributed by atoms with Crippen molar-refractivity contribution in [2.45, 2.75) is 26.3 Å². The van der Waals surface area contributed by atoms with Gasteiger partial charge in [0, 0.05) is 24.4 Å². The molecule has 0 saturated carbocycles. The quantitative estimate of drug-likeness (QED) is 0.573. The molecule has 8 heteroatoms. The molecule has 1 aromatic carbocycles. The first-order chi connectivity index (χ1) is 13.9. The summed E-state index contributed by atoms with van der Waals surface area (Å²) in [5.74, 6) is -0.138. The van der Waals surface area contributed by atoms with Crippen LogP contribution >= 0.6 is 0 Å². The highest BCUT2D eigenvalue weighted by Gasteiger charge is 2.22. The molecule has 0 fully saturated rings. The van der Waals surface area contributed by atoms with Crippen LogP contribution in [0, 0.1) is 0 Å². The first-order valence-electron chi connectivity index (χ1n) is 9.10. The van der Waals surface area contributed by atoms with Gasteiger partial charge in [0.2, 0.25) is 5.56 Å². The summed E-state index contributed by atoms with van der Waals surface area (Å²) >= 11 is 0. The smallest absolute Gasteiger partial charge is 0.290 e. The van der Waals surface area contributed by atoms with Gasteiger partial charge in [-0.3, -0.25) is 19.5 Å². The molecule has 3 aromatic rings. The molecule has 2 aromatic heterocycles. The lowest BCUT2D eigenvalue weighted by molar-refractivity contribution is -0.122. The van der Waals surface area contributed by atoms with Crippen molar-refractivity contribution in [1.82, 2.24) is 20.1 Å². The Hall–Kier alpha value is -3.68. The summed E-state index contributed by atoms with van der Waals surface area (Å²) in [6.45, 7) is 3.60. The monoisotopic (exact) mass is 396 g/mol. The molecule has 0 spiro atoms. The number of aryl methyl sites for hydroxylation is 1.